The lowest BCUT2D eigenvalue weighted by Gasteiger charge is -2.19. The standard InChI is InChI=1S/C12H15N/c1-4-13-10-12(2,3)11-8-6-5-7-9-11/h4-10H,1H2,2-3H3/b13-10-. The van der Waals surface area contributed by atoms with Crippen LogP contribution < -0.4 is 0 Å². The normalized spacial score (nSPS) is 11.8. The smallest absolute Gasteiger partial charge is 0.0249 e. The van der Waals surface area contributed by atoms with Crippen LogP contribution in [-0.2, 0) is 5.41 Å². The third kappa shape index (κ3) is 2.55. The molecular weight excluding hydrogens is 158 g/mol. The Kier molecular flexibility index (Phi) is 3.02. The predicted molar refractivity (Wildman–Crippen MR) is 58.2 cm³/mol. The van der Waals surface area contributed by atoms with Crippen molar-refractivity contribution in [3.05, 3.63) is 48.7 Å². The molecule has 0 spiro atoms. The van der Waals surface area contributed by atoms with Crippen LogP contribution in [0, 0.1) is 0 Å². The minimum absolute atomic E-state index is 0.0184. The van der Waals surface area contributed by atoms with E-state index in [9.17, 15) is 0 Å². The first kappa shape index (κ1) is 9.72. The predicted octanol–water partition coefficient (Wildman–Crippen LogP) is 3.18. The van der Waals surface area contributed by atoms with Crippen LogP contribution in [0.3, 0.4) is 0 Å². The van der Waals surface area contributed by atoms with Gasteiger partial charge in [0.1, 0.15) is 0 Å². The summed E-state index contributed by atoms with van der Waals surface area (Å²) in [5, 5.41) is 0. The minimum Gasteiger partial charge on any atom is -0.269 e. The summed E-state index contributed by atoms with van der Waals surface area (Å²) in [6, 6.07) is 10.3. The second kappa shape index (κ2) is 4.04. The molecule has 1 heteroatoms. The van der Waals surface area contributed by atoms with Crippen LogP contribution in [-0.4, -0.2) is 6.21 Å². The molecule has 0 saturated carbocycles. The molecule has 0 bridgehead atoms. The number of hydrogen-bond acceptors (Lipinski definition) is 1. The van der Waals surface area contributed by atoms with Gasteiger partial charge in [-0.3, -0.25) is 4.99 Å². The highest BCUT2D eigenvalue weighted by atomic mass is 14.7. The van der Waals surface area contributed by atoms with Crippen LogP contribution in [0.4, 0.5) is 0 Å². The summed E-state index contributed by atoms with van der Waals surface area (Å²) in [6.07, 6.45) is 3.47. The van der Waals surface area contributed by atoms with Crippen molar-refractivity contribution in [2.24, 2.45) is 4.99 Å². The van der Waals surface area contributed by atoms with Crippen LogP contribution in [0.5, 0.6) is 0 Å². The van der Waals surface area contributed by atoms with E-state index in [1.165, 1.54) is 5.56 Å². The van der Waals surface area contributed by atoms with Crippen molar-refractivity contribution < 1.29 is 0 Å². The van der Waals surface area contributed by atoms with Crippen LogP contribution in [0.15, 0.2) is 48.1 Å². The fourth-order valence-electron chi connectivity index (χ4n) is 1.18. The molecule has 1 aromatic rings. The third-order valence-electron chi connectivity index (χ3n) is 2.02. The topological polar surface area (TPSA) is 12.4 Å². The molecule has 0 atom stereocenters. The number of benzene rings is 1. The minimum atomic E-state index is -0.0184. The van der Waals surface area contributed by atoms with E-state index in [0.29, 0.717) is 0 Å². The lowest BCUT2D eigenvalue weighted by atomic mass is 9.86. The van der Waals surface area contributed by atoms with Crippen molar-refractivity contribution >= 4 is 6.21 Å². The van der Waals surface area contributed by atoms with E-state index in [1.54, 1.807) is 6.20 Å². The van der Waals surface area contributed by atoms with Crippen molar-refractivity contribution in [1.29, 1.82) is 0 Å². The Hall–Kier alpha value is -1.37. The SMILES string of the molecule is C=C/N=C\C(C)(C)c1ccccc1. The molecule has 1 nitrogen and oxygen atoms in total. The molecule has 0 unspecified atom stereocenters. The maximum Gasteiger partial charge on any atom is 0.0249 e. The molecule has 0 saturated heterocycles. The fraction of sp³-hybridized carbons (Fsp3) is 0.250. The Balaban J connectivity index is 2.93. The van der Waals surface area contributed by atoms with E-state index in [0.717, 1.165) is 0 Å². The van der Waals surface area contributed by atoms with Crippen molar-refractivity contribution in [2.45, 2.75) is 19.3 Å². The summed E-state index contributed by atoms with van der Waals surface area (Å²) in [4.78, 5) is 4.06. The van der Waals surface area contributed by atoms with Gasteiger partial charge >= 0.3 is 0 Å². The van der Waals surface area contributed by atoms with E-state index < -0.39 is 0 Å². The summed E-state index contributed by atoms with van der Waals surface area (Å²) in [5.41, 5.74) is 1.25. The Morgan fingerprint density at radius 3 is 2.38 bits per heavy atom. The molecule has 1 rings (SSSR count). The monoisotopic (exact) mass is 173 g/mol. The van der Waals surface area contributed by atoms with E-state index in [4.69, 9.17) is 0 Å². The van der Waals surface area contributed by atoms with E-state index in [1.807, 2.05) is 24.4 Å². The average Bonchev–Trinajstić information content (AvgIpc) is 2.16. The molecule has 1 aromatic carbocycles. The largest absolute Gasteiger partial charge is 0.269 e. The molecule has 0 aliphatic carbocycles. The molecule has 0 aliphatic rings. The highest BCUT2D eigenvalue weighted by Gasteiger charge is 2.16. The Morgan fingerprint density at radius 1 is 1.23 bits per heavy atom. The van der Waals surface area contributed by atoms with Crippen LogP contribution in [0.2, 0.25) is 0 Å². The Labute approximate surface area is 79.8 Å². The highest BCUT2D eigenvalue weighted by Crippen LogP contribution is 2.20. The maximum atomic E-state index is 4.06. The van der Waals surface area contributed by atoms with Gasteiger partial charge in [-0.1, -0.05) is 50.8 Å². The molecule has 0 aromatic heterocycles. The van der Waals surface area contributed by atoms with Gasteiger partial charge in [0.05, 0.1) is 0 Å². The number of nitrogens with zero attached hydrogens (tertiary/aromatic N) is 1. The van der Waals surface area contributed by atoms with E-state index >= 15 is 0 Å². The van der Waals surface area contributed by atoms with Gasteiger partial charge in [0, 0.05) is 17.8 Å². The third-order valence-corrected chi connectivity index (χ3v) is 2.02. The lowest BCUT2D eigenvalue weighted by Crippen LogP contribution is -2.18. The van der Waals surface area contributed by atoms with Gasteiger partial charge in [0.25, 0.3) is 0 Å². The zero-order valence-corrected chi connectivity index (χ0v) is 8.20. The van der Waals surface area contributed by atoms with Gasteiger partial charge in [0.15, 0.2) is 0 Å². The van der Waals surface area contributed by atoms with Gasteiger partial charge in [-0.25, -0.2) is 0 Å². The van der Waals surface area contributed by atoms with Crippen molar-refractivity contribution in [2.75, 3.05) is 0 Å². The van der Waals surface area contributed by atoms with Gasteiger partial charge < -0.3 is 0 Å². The molecule has 0 radical (unpaired) electrons. The van der Waals surface area contributed by atoms with Gasteiger partial charge in [-0.2, -0.15) is 0 Å². The second-order valence-electron chi connectivity index (χ2n) is 3.55. The molecule has 0 heterocycles. The number of rotatable bonds is 3. The van der Waals surface area contributed by atoms with Crippen LogP contribution >= 0.6 is 0 Å². The van der Waals surface area contributed by atoms with Gasteiger partial charge in [-0.15, -0.1) is 0 Å². The highest BCUT2D eigenvalue weighted by molar-refractivity contribution is 5.72. The van der Waals surface area contributed by atoms with E-state index in [-0.39, 0.29) is 5.41 Å². The molecule has 68 valence electrons. The second-order valence-corrected chi connectivity index (χ2v) is 3.55. The molecular formula is C12H15N. The summed E-state index contributed by atoms with van der Waals surface area (Å²) < 4.78 is 0. The molecule has 0 amide bonds. The summed E-state index contributed by atoms with van der Waals surface area (Å²) >= 11 is 0. The molecule has 0 fully saturated rings. The molecule has 13 heavy (non-hydrogen) atoms. The van der Waals surface area contributed by atoms with E-state index in [2.05, 4.69) is 37.6 Å². The zero-order chi connectivity index (χ0) is 9.73. The quantitative estimate of drug-likeness (QED) is 0.622. The first-order valence-electron chi connectivity index (χ1n) is 4.37. The zero-order valence-electron chi connectivity index (χ0n) is 8.20. The van der Waals surface area contributed by atoms with Crippen molar-refractivity contribution in [3.63, 3.8) is 0 Å². The summed E-state index contributed by atoms with van der Waals surface area (Å²) in [6.45, 7) is 7.83. The summed E-state index contributed by atoms with van der Waals surface area (Å²) in [7, 11) is 0. The average molecular weight is 173 g/mol. The van der Waals surface area contributed by atoms with Crippen LogP contribution in [0.25, 0.3) is 0 Å². The van der Waals surface area contributed by atoms with Crippen molar-refractivity contribution in [3.8, 4) is 0 Å². The Bertz CT molecular complexity index is 296. The Morgan fingerprint density at radius 2 is 1.85 bits per heavy atom. The van der Waals surface area contributed by atoms with Crippen molar-refractivity contribution in [1.82, 2.24) is 0 Å². The number of hydrogen-bond donors (Lipinski definition) is 0. The first-order chi connectivity index (χ1) is 6.17. The molecule has 0 N–H and O–H groups in total. The maximum absolute atomic E-state index is 4.06. The number of aliphatic imine (C=N–C) groups is 1. The van der Waals surface area contributed by atoms with Crippen LogP contribution in [0.1, 0.15) is 19.4 Å². The fourth-order valence-corrected chi connectivity index (χ4v) is 1.18. The summed E-state index contributed by atoms with van der Waals surface area (Å²) in [5.74, 6) is 0. The van der Waals surface area contributed by atoms with Gasteiger partial charge in [-0.05, 0) is 5.56 Å². The first-order valence-corrected chi connectivity index (χ1v) is 4.37. The molecule has 0 aliphatic heterocycles. The van der Waals surface area contributed by atoms with Gasteiger partial charge in [0.2, 0.25) is 0 Å². The lowest BCUT2D eigenvalue weighted by molar-refractivity contribution is 0.735.